The molecule has 0 N–H and O–H groups in total. The van der Waals surface area contributed by atoms with Gasteiger partial charge in [-0.2, -0.15) is 0 Å². The van der Waals surface area contributed by atoms with Gasteiger partial charge in [-0.25, -0.2) is 0 Å². The van der Waals surface area contributed by atoms with Crippen LogP contribution in [0.3, 0.4) is 0 Å². The molecule has 0 aromatic heterocycles. The van der Waals surface area contributed by atoms with E-state index in [-0.39, 0.29) is 0 Å². The summed E-state index contributed by atoms with van der Waals surface area (Å²) in [7, 11) is 0. The van der Waals surface area contributed by atoms with Crippen LogP contribution in [0.1, 0.15) is 29.7 Å². The molecule has 0 unspecified atom stereocenters. The van der Waals surface area contributed by atoms with Crippen LogP contribution >= 0.6 is 0 Å². The van der Waals surface area contributed by atoms with E-state index in [2.05, 4.69) is 43.6 Å². The first-order valence-electron chi connectivity index (χ1n) is 4.53. The molecule has 0 aliphatic carbocycles. The van der Waals surface area contributed by atoms with E-state index < -0.39 is 0 Å². The minimum atomic E-state index is 0.295. The Labute approximate surface area is 78.8 Å². The summed E-state index contributed by atoms with van der Waals surface area (Å²) in [6, 6.07) is 6.77. The van der Waals surface area contributed by atoms with Gasteiger partial charge in [-0.15, -0.1) is 0 Å². The fourth-order valence-corrected chi connectivity index (χ4v) is 1.77. The number of rotatable bonds is 1. The smallest absolute Gasteiger partial charge is 0.0734 e. The van der Waals surface area contributed by atoms with Crippen LogP contribution in [0.25, 0.3) is 0 Å². The molecule has 1 heteroatoms. The Morgan fingerprint density at radius 1 is 1.46 bits per heavy atom. The molecule has 1 aliphatic heterocycles. The summed E-state index contributed by atoms with van der Waals surface area (Å²) in [5, 5.41) is 0. The van der Waals surface area contributed by atoms with Crippen molar-refractivity contribution >= 4 is 5.71 Å². The molecule has 13 heavy (non-hydrogen) atoms. The Morgan fingerprint density at radius 2 is 2.23 bits per heavy atom. The van der Waals surface area contributed by atoms with Crippen LogP contribution in [-0.4, -0.2) is 5.71 Å². The van der Waals surface area contributed by atoms with Crippen molar-refractivity contribution in [1.82, 2.24) is 0 Å². The number of benzene rings is 1. The fraction of sp³-hybridized carbons (Fsp3) is 0.250. The maximum atomic E-state index is 4.51. The van der Waals surface area contributed by atoms with Crippen LogP contribution in [0.2, 0.25) is 0 Å². The zero-order chi connectivity index (χ0) is 9.42. The van der Waals surface area contributed by atoms with Gasteiger partial charge in [0.2, 0.25) is 0 Å². The van der Waals surface area contributed by atoms with Gasteiger partial charge in [-0.05, 0) is 31.6 Å². The van der Waals surface area contributed by atoms with Crippen molar-refractivity contribution in [3.63, 3.8) is 0 Å². The summed E-state index contributed by atoms with van der Waals surface area (Å²) in [5.74, 6) is 0. The highest BCUT2D eigenvalue weighted by Crippen LogP contribution is 2.29. The van der Waals surface area contributed by atoms with Crippen molar-refractivity contribution in [1.29, 1.82) is 0 Å². The molecule has 1 nitrogen and oxygen atoms in total. The van der Waals surface area contributed by atoms with Crippen LogP contribution in [0, 0.1) is 6.92 Å². The van der Waals surface area contributed by atoms with E-state index in [1.54, 1.807) is 0 Å². The predicted molar refractivity (Wildman–Crippen MR) is 56.3 cm³/mol. The van der Waals surface area contributed by atoms with Gasteiger partial charge in [0.15, 0.2) is 0 Å². The molecule has 1 atom stereocenters. The molecular formula is C12H13N. The van der Waals surface area contributed by atoms with Crippen LogP contribution in [0.15, 0.2) is 35.8 Å². The molecule has 1 heterocycles. The molecule has 0 spiro atoms. The molecule has 1 aromatic carbocycles. The van der Waals surface area contributed by atoms with Gasteiger partial charge in [-0.1, -0.05) is 24.3 Å². The second-order valence-corrected chi connectivity index (χ2v) is 3.49. The topological polar surface area (TPSA) is 12.4 Å². The first-order chi connectivity index (χ1) is 6.22. The molecule has 1 aromatic rings. The standard InChI is InChI=1S/C12H13N/c1-4-12-11-7-8(2)5-6-10(11)9(3)13-12/h4-7,9H,1H2,2-3H3/t9-/m1/s1. The van der Waals surface area contributed by atoms with Crippen LogP contribution < -0.4 is 0 Å². The normalized spacial score (nSPS) is 19.5. The van der Waals surface area contributed by atoms with E-state index in [1.165, 1.54) is 16.7 Å². The quantitative estimate of drug-likeness (QED) is 0.615. The third kappa shape index (κ3) is 1.21. The molecule has 66 valence electrons. The number of aryl methyl sites for hydroxylation is 1. The van der Waals surface area contributed by atoms with E-state index in [4.69, 9.17) is 0 Å². The highest BCUT2D eigenvalue weighted by molar-refractivity contribution is 6.11. The van der Waals surface area contributed by atoms with Crippen molar-refractivity contribution in [2.75, 3.05) is 0 Å². The van der Waals surface area contributed by atoms with Crippen molar-refractivity contribution in [2.24, 2.45) is 4.99 Å². The predicted octanol–water partition coefficient (Wildman–Crippen LogP) is 3.04. The second kappa shape index (κ2) is 2.84. The minimum Gasteiger partial charge on any atom is -0.277 e. The van der Waals surface area contributed by atoms with Gasteiger partial charge in [0.05, 0.1) is 11.8 Å². The molecule has 0 amide bonds. The lowest BCUT2D eigenvalue weighted by atomic mass is 10.00. The Morgan fingerprint density at radius 3 is 2.92 bits per heavy atom. The van der Waals surface area contributed by atoms with E-state index in [0.29, 0.717) is 6.04 Å². The van der Waals surface area contributed by atoms with E-state index in [9.17, 15) is 0 Å². The van der Waals surface area contributed by atoms with Crippen LogP contribution in [0.4, 0.5) is 0 Å². The lowest BCUT2D eigenvalue weighted by molar-refractivity contribution is 0.842. The number of aliphatic imine (C=N–C) groups is 1. The average molecular weight is 171 g/mol. The zero-order valence-electron chi connectivity index (χ0n) is 8.04. The van der Waals surface area contributed by atoms with Gasteiger partial charge in [0, 0.05) is 5.56 Å². The summed E-state index contributed by atoms with van der Waals surface area (Å²) in [4.78, 5) is 4.51. The van der Waals surface area contributed by atoms with Crippen LogP contribution in [0.5, 0.6) is 0 Å². The van der Waals surface area contributed by atoms with Crippen molar-refractivity contribution < 1.29 is 0 Å². The monoisotopic (exact) mass is 171 g/mol. The summed E-state index contributed by atoms with van der Waals surface area (Å²) < 4.78 is 0. The second-order valence-electron chi connectivity index (χ2n) is 3.49. The number of hydrogen-bond donors (Lipinski definition) is 0. The van der Waals surface area contributed by atoms with Gasteiger partial charge >= 0.3 is 0 Å². The Bertz CT molecular complexity index is 388. The minimum absolute atomic E-state index is 0.295. The van der Waals surface area contributed by atoms with Gasteiger partial charge < -0.3 is 0 Å². The van der Waals surface area contributed by atoms with E-state index in [1.807, 2.05) is 6.08 Å². The lowest BCUT2D eigenvalue weighted by Crippen LogP contribution is -1.93. The summed E-state index contributed by atoms with van der Waals surface area (Å²) >= 11 is 0. The number of allylic oxidation sites excluding steroid dienone is 1. The molecule has 0 saturated carbocycles. The molecule has 0 bridgehead atoms. The Hall–Kier alpha value is -1.37. The van der Waals surface area contributed by atoms with E-state index in [0.717, 1.165) is 5.71 Å². The number of fused-ring (bicyclic) bond motifs is 1. The lowest BCUT2D eigenvalue weighted by Gasteiger charge is -2.03. The highest BCUT2D eigenvalue weighted by atomic mass is 14.8. The third-order valence-corrected chi connectivity index (χ3v) is 2.46. The third-order valence-electron chi connectivity index (χ3n) is 2.46. The Kier molecular flexibility index (Phi) is 1.80. The first-order valence-corrected chi connectivity index (χ1v) is 4.53. The van der Waals surface area contributed by atoms with E-state index >= 15 is 0 Å². The SMILES string of the molecule is C=CC1=N[C@H](C)c2ccc(C)cc21. The maximum absolute atomic E-state index is 4.51. The van der Waals surface area contributed by atoms with Gasteiger partial charge in [0.25, 0.3) is 0 Å². The number of hydrogen-bond acceptors (Lipinski definition) is 1. The average Bonchev–Trinajstić information content (AvgIpc) is 2.42. The molecule has 0 saturated heterocycles. The van der Waals surface area contributed by atoms with Crippen molar-refractivity contribution in [2.45, 2.75) is 19.9 Å². The fourth-order valence-electron chi connectivity index (χ4n) is 1.77. The first kappa shape index (κ1) is 8.24. The maximum Gasteiger partial charge on any atom is 0.0734 e. The summed E-state index contributed by atoms with van der Waals surface area (Å²) in [5.41, 5.74) is 4.89. The highest BCUT2D eigenvalue weighted by Gasteiger charge is 2.19. The van der Waals surface area contributed by atoms with Crippen molar-refractivity contribution in [3.05, 3.63) is 47.5 Å². The molecule has 2 rings (SSSR count). The molecule has 0 radical (unpaired) electrons. The van der Waals surface area contributed by atoms with Gasteiger partial charge in [-0.3, -0.25) is 4.99 Å². The summed E-state index contributed by atoms with van der Waals surface area (Å²) in [6.07, 6.45) is 1.84. The van der Waals surface area contributed by atoms with Crippen molar-refractivity contribution in [3.8, 4) is 0 Å². The summed E-state index contributed by atoms with van der Waals surface area (Å²) in [6.45, 7) is 7.99. The number of nitrogens with zero attached hydrogens (tertiary/aromatic N) is 1. The van der Waals surface area contributed by atoms with Gasteiger partial charge in [0.1, 0.15) is 0 Å². The molecular weight excluding hydrogens is 158 g/mol. The van der Waals surface area contributed by atoms with Crippen LogP contribution in [-0.2, 0) is 0 Å². The molecule has 0 fully saturated rings. The Balaban J connectivity index is 2.61. The zero-order valence-corrected chi connectivity index (χ0v) is 8.04. The molecule has 1 aliphatic rings. The largest absolute Gasteiger partial charge is 0.277 e.